The Morgan fingerprint density at radius 2 is 1.87 bits per heavy atom. The lowest BCUT2D eigenvalue weighted by Gasteiger charge is -2.12. The van der Waals surface area contributed by atoms with E-state index in [1.165, 1.54) is 12.1 Å². The first-order valence-corrected chi connectivity index (χ1v) is 8.25. The summed E-state index contributed by atoms with van der Waals surface area (Å²) < 4.78 is 25.8. The van der Waals surface area contributed by atoms with Gasteiger partial charge in [-0.1, -0.05) is 5.92 Å². The van der Waals surface area contributed by atoms with Crippen LogP contribution in [0.1, 0.15) is 15.9 Å². The molecule has 1 heterocycles. The summed E-state index contributed by atoms with van der Waals surface area (Å²) in [5, 5.41) is 0. The summed E-state index contributed by atoms with van der Waals surface area (Å²) in [4.78, 5) is 15.4. The number of hydrogen-bond donors (Lipinski definition) is 2. The van der Waals surface area contributed by atoms with Crippen LogP contribution < -0.4 is 11.5 Å². The smallest absolute Gasteiger partial charge is 0.281 e. The van der Waals surface area contributed by atoms with Gasteiger partial charge in [-0.3, -0.25) is 4.79 Å². The standard InChI is InChI=1S/C15H14N4O3S/c1-3-10-8-12(19-6-4-5-7-19)13(23(2,21)22)9-11(10)14(20)18-15(16)17/h1,4-9H,2H3,(H4,16,17,18,20). The zero-order valence-electron chi connectivity index (χ0n) is 12.2. The van der Waals surface area contributed by atoms with Gasteiger partial charge in [-0.2, -0.15) is 4.99 Å². The molecule has 0 aliphatic carbocycles. The molecular formula is C15H14N4O3S. The Morgan fingerprint density at radius 3 is 2.35 bits per heavy atom. The molecule has 0 atom stereocenters. The maximum Gasteiger partial charge on any atom is 0.281 e. The van der Waals surface area contributed by atoms with E-state index in [0.29, 0.717) is 5.69 Å². The number of carbonyl (C=O) groups excluding carboxylic acids is 1. The summed E-state index contributed by atoms with van der Waals surface area (Å²) >= 11 is 0. The minimum atomic E-state index is -3.62. The topological polar surface area (TPSA) is 121 Å². The molecule has 0 bridgehead atoms. The number of aliphatic imine (C=N–C) groups is 1. The molecule has 23 heavy (non-hydrogen) atoms. The predicted molar refractivity (Wildman–Crippen MR) is 87.0 cm³/mol. The third-order valence-electron chi connectivity index (χ3n) is 3.00. The Balaban J connectivity index is 2.81. The Kier molecular flexibility index (Phi) is 4.24. The van der Waals surface area contributed by atoms with Crippen LogP contribution >= 0.6 is 0 Å². The van der Waals surface area contributed by atoms with E-state index in [9.17, 15) is 13.2 Å². The van der Waals surface area contributed by atoms with Gasteiger partial charge in [0.25, 0.3) is 5.91 Å². The van der Waals surface area contributed by atoms with E-state index in [-0.39, 0.29) is 16.0 Å². The molecule has 1 amide bonds. The zero-order valence-corrected chi connectivity index (χ0v) is 13.0. The number of hydrogen-bond acceptors (Lipinski definition) is 3. The number of carbonyl (C=O) groups is 1. The SMILES string of the molecule is C#Cc1cc(-n2cccc2)c(S(C)(=O)=O)cc1C(=O)N=C(N)N. The molecule has 118 valence electrons. The lowest BCUT2D eigenvalue weighted by atomic mass is 10.1. The van der Waals surface area contributed by atoms with E-state index in [4.69, 9.17) is 17.9 Å². The van der Waals surface area contributed by atoms with Gasteiger partial charge in [0.15, 0.2) is 15.8 Å². The molecule has 0 radical (unpaired) electrons. The highest BCUT2D eigenvalue weighted by Crippen LogP contribution is 2.25. The first-order valence-electron chi connectivity index (χ1n) is 6.36. The van der Waals surface area contributed by atoms with Gasteiger partial charge in [0.05, 0.1) is 16.1 Å². The lowest BCUT2D eigenvalue weighted by Crippen LogP contribution is -2.24. The summed E-state index contributed by atoms with van der Waals surface area (Å²) in [6.07, 6.45) is 9.81. The van der Waals surface area contributed by atoms with Gasteiger partial charge in [0.1, 0.15) is 0 Å². The van der Waals surface area contributed by atoms with Crippen molar-refractivity contribution in [1.82, 2.24) is 4.57 Å². The molecule has 0 unspecified atom stereocenters. The van der Waals surface area contributed by atoms with Crippen molar-refractivity contribution in [1.29, 1.82) is 0 Å². The Labute approximate surface area is 133 Å². The second kappa shape index (κ2) is 5.98. The Bertz CT molecular complexity index is 932. The number of nitrogens with two attached hydrogens (primary N) is 2. The van der Waals surface area contributed by atoms with Crippen molar-refractivity contribution in [3.63, 3.8) is 0 Å². The van der Waals surface area contributed by atoms with Crippen LogP contribution in [-0.2, 0) is 9.84 Å². The van der Waals surface area contributed by atoms with E-state index in [2.05, 4.69) is 10.9 Å². The van der Waals surface area contributed by atoms with Crippen LogP contribution in [0.4, 0.5) is 0 Å². The third-order valence-corrected chi connectivity index (χ3v) is 4.12. The van der Waals surface area contributed by atoms with Gasteiger partial charge >= 0.3 is 0 Å². The molecule has 0 saturated carbocycles. The number of amides is 1. The largest absolute Gasteiger partial charge is 0.370 e. The average Bonchev–Trinajstić information content (AvgIpc) is 2.98. The quantitative estimate of drug-likeness (QED) is 0.475. The molecule has 0 aliphatic rings. The van der Waals surface area contributed by atoms with Crippen molar-refractivity contribution < 1.29 is 13.2 Å². The van der Waals surface area contributed by atoms with Crippen LogP contribution in [0.3, 0.4) is 0 Å². The van der Waals surface area contributed by atoms with Gasteiger partial charge in [-0.15, -0.1) is 6.42 Å². The number of sulfone groups is 1. The van der Waals surface area contributed by atoms with Crippen molar-refractivity contribution in [2.45, 2.75) is 4.90 Å². The van der Waals surface area contributed by atoms with Gasteiger partial charge in [-0.05, 0) is 24.3 Å². The summed E-state index contributed by atoms with van der Waals surface area (Å²) in [6.45, 7) is 0. The van der Waals surface area contributed by atoms with Crippen molar-refractivity contribution in [3.05, 3.63) is 47.8 Å². The first kappa shape index (κ1) is 16.3. The molecule has 0 aliphatic heterocycles. The minimum Gasteiger partial charge on any atom is -0.370 e. The summed E-state index contributed by atoms with van der Waals surface area (Å²) in [7, 11) is -3.62. The third kappa shape index (κ3) is 3.41. The highest BCUT2D eigenvalue weighted by atomic mass is 32.2. The zero-order chi connectivity index (χ0) is 17.2. The van der Waals surface area contributed by atoms with Crippen LogP contribution in [0.15, 0.2) is 46.5 Å². The van der Waals surface area contributed by atoms with Crippen molar-refractivity contribution in [3.8, 4) is 18.0 Å². The molecule has 1 aromatic carbocycles. The van der Waals surface area contributed by atoms with Crippen molar-refractivity contribution in [2.75, 3.05) is 6.26 Å². The highest BCUT2D eigenvalue weighted by Gasteiger charge is 2.21. The number of aromatic nitrogens is 1. The molecule has 1 aromatic heterocycles. The van der Waals surface area contributed by atoms with E-state index in [1.807, 2.05) is 0 Å². The van der Waals surface area contributed by atoms with E-state index in [0.717, 1.165) is 6.26 Å². The monoisotopic (exact) mass is 330 g/mol. The van der Waals surface area contributed by atoms with Crippen molar-refractivity contribution >= 4 is 21.7 Å². The summed E-state index contributed by atoms with van der Waals surface area (Å²) in [5.41, 5.74) is 10.8. The molecule has 0 spiro atoms. The van der Waals surface area contributed by atoms with E-state index < -0.39 is 21.7 Å². The maximum absolute atomic E-state index is 12.1. The predicted octanol–water partition coefficient (Wildman–Crippen LogP) is 0.276. The van der Waals surface area contributed by atoms with Crippen LogP contribution in [0.2, 0.25) is 0 Å². The molecule has 0 saturated heterocycles. The van der Waals surface area contributed by atoms with E-state index >= 15 is 0 Å². The maximum atomic E-state index is 12.1. The van der Waals surface area contributed by atoms with Gasteiger partial charge in [0.2, 0.25) is 0 Å². The van der Waals surface area contributed by atoms with Gasteiger partial charge < -0.3 is 16.0 Å². The second-order valence-corrected chi connectivity index (χ2v) is 6.70. The normalized spacial score (nSPS) is 10.8. The number of terminal acetylenes is 1. The Hall–Kier alpha value is -3.05. The van der Waals surface area contributed by atoms with E-state index in [1.54, 1.807) is 29.1 Å². The molecule has 2 aromatic rings. The average molecular weight is 330 g/mol. The molecule has 0 fully saturated rings. The fourth-order valence-electron chi connectivity index (χ4n) is 2.04. The van der Waals surface area contributed by atoms with Crippen LogP contribution in [-0.4, -0.2) is 31.1 Å². The summed E-state index contributed by atoms with van der Waals surface area (Å²) in [5.74, 6) is 1.11. The molecule has 7 nitrogen and oxygen atoms in total. The minimum absolute atomic E-state index is 0.0538. The molecule has 8 heteroatoms. The van der Waals surface area contributed by atoms with Crippen molar-refractivity contribution in [2.24, 2.45) is 16.5 Å². The van der Waals surface area contributed by atoms with Gasteiger partial charge in [-0.25, -0.2) is 8.42 Å². The number of benzene rings is 1. The fraction of sp³-hybridized carbons (Fsp3) is 0.0667. The number of rotatable bonds is 3. The second-order valence-electron chi connectivity index (χ2n) is 4.71. The first-order chi connectivity index (χ1) is 10.7. The summed E-state index contributed by atoms with van der Waals surface area (Å²) in [6, 6.07) is 6.10. The number of nitrogens with zero attached hydrogens (tertiary/aromatic N) is 2. The molecule has 2 rings (SSSR count). The van der Waals surface area contributed by atoms with Crippen LogP contribution in [0.5, 0.6) is 0 Å². The van der Waals surface area contributed by atoms with Gasteiger partial charge in [0, 0.05) is 24.2 Å². The van der Waals surface area contributed by atoms with Crippen LogP contribution in [0.25, 0.3) is 5.69 Å². The highest BCUT2D eigenvalue weighted by molar-refractivity contribution is 7.90. The molecular weight excluding hydrogens is 316 g/mol. The lowest BCUT2D eigenvalue weighted by molar-refractivity contribution is 0.100. The number of guanidine groups is 1. The Morgan fingerprint density at radius 1 is 1.26 bits per heavy atom. The fourth-order valence-corrected chi connectivity index (χ4v) is 2.91. The molecule has 4 N–H and O–H groups in total. The van der Waals surface area contributed by atoms with Crippen LogP contribution in [0, 0.1) is 12.3 Å².